The van der Waals surface area contributed by atoms with Crippen LogP contribution in [0.5, 0.6) is 0 Å². The van der Waals surface area contributed by atoms with Crippen LogP contribution in [-0.2, 0) is 0 Å². The first-order chi connectivity index (χ1) is 12.2. The quantitative estimate of drug-likeness (QED) is 0.750. The van der Waals surface area contributed by atoms with Crippen LogP contribution in [0.15, 0.2) is 36.7 Å². The van der Waals surface area contributed by atoms with Gasteiger partial charge in [-0.1, -0.05) is 22.8 Å². The lowest BCUT2D eigenvalue weighted by Gasteiger charge is -2.33. The summed E-state index contributed by atoms with van der Waals surface area (Å²) in [4.78, 5) is 9.33. The number of aliphatic hydroxyl groups excluding tert-OH is 1. The molecule has 1 unspecified atom stereocenters. The molecule has 1 fully saturated rings. The van der Waals surface area contributed by atoms with Crippen molar-refractivity contribution in [2.45, 2.75) is 25.9 Å². The molecule has 3 aromatic rings. The van der Waals surface area contributed by atoms with Gasteiger partial charge in [-0.2, -0.15) is 4.68 Å². The third-order valence-corrected chi connectivity index (χ3v) is 4.80. The number of aromatic amines is 1. The highest BCUT2D eigenvalue weighted by Gasteiger charge is 2.29. The molecule has 2 aromatic heterocycles. The van der Waals surface area contributed by atoms with Crippen molar-refractivity contribution in [2.24, 2.45) is 5.92 Å². The minimum atomic E-state index is -0.551. The second-order valence-electron chi connectivity index (χ2n) is 6.47. The second kappa shape index (κ2) is 6.64. The van der Waals surface area contributed by atoms with Crippen molar-refractivity contribution in [3.63, 3.8) is 0 Å². The molecular formula is C17H21N7O. The molecule has 8 heteroatoms. The summed E-state index contributed by atoms with van der Waals surface area (Å²) in [5.74, 6) is 1.57. The zero-order chi connectivity index (χ0) is 17.2. The van der Waals surface area contributed by atoms with E-state index in [2.05, 4.69) is 37.3 Å². The Balaban J connectivity index is 1.47. The number of rotatable bonds is 4. The Labute approximate surface area is 145 Å². The normalized spacial score (nSPS) is 17.0. The molecule has 0 saturated carbocycles. The Morgan fingerprint density at radius 2 is 1.96 bits per heavy atom. The average Bonchev–Trinajstić information content (AvgIpc) is 3.34. The summed E-state index contributed by atoms with van der Waals surface area (Å²) in [5, 5.41) is 22.6. The lowest BCUT2D eigenvalue weighted by atomic mass is 9.91. The highest BCUT2D eigenvalue weighted by molar-refractivity contribution is 5.42. The van der Waals surface area contributed by atoms with Gasteiger partial charge >= 0.3 is 0 Å². The minimum absolute atomic E-state index is 0.186. The van der Waals surface area contributed by atoms with Crippen LogP contribution in [0, 0.1) is 12.8 Å². The Bertz CT molecular complexity index is 804. The van der Waals surface area contributed by atoms with Crippen molar-refractivity contribution in [3.05, 3.63) is 48.0 Å². The molecule has 2 N–H and O–H groups in total. The van der Waals surface area contributed by atoms with E-state index in [9.17, 15) is 5.11 Å². The van der Waals surface area contributed by atoms with Crippen molar-refractivity contribution in [1.29, 1.82) is 0 Å². The van der Waals surface area contributed by atoms with E-state index in [-0.39, 0.29) is 5.92 Å². The SMILES string of the molecule is Cc1ccc(-n2nnnc2N2CCC(C(O)c3ncc[nH]3)CC2)cc1. The van der Waals surface area contributed by atoms with Gasteiger partial charge in [0.2, 0.25) is 5.95 Å². The predicted octanol–water partition coefficient (Wildman–Crippen LogP) is 1.64. The molecule has 1 aliphatic heterocycles. The summed E-state index contributed by atoms with van der Waals surface area (Å²) in [6.45, 7) is 3.66. The van der Waals surface area contributed by atoms with E-state index in [1.54, 1.807) is 17.1 Å². The van der Waals surface area contributed by atoms with Gasteiger partial charge in [-0.15, -0.1) is 0 Å². The minimum Gasteiger partial charge on any atom is -0.385 e. The molecule has 130 valence electrons. The maximum absolute atomic E-state index is 10.5. The summed E-state index contributed by atoms with van der Waals surface area (Å²) in [6.07, 6.45) is 4.59. The van der Waals surface area contributed by atoms with Gasteiger partial charge in [-0.05, 0) is 48.2 Å². The lowest BCUT2D eigenvalue weighted by Crippen LogP contribution is -2.37. The fourth-order valence-electron chi connectivity index (χ4n) is 3.31. The summed E-state index contributed by atoms with van der Waals surface area (Å²) in [5.41, 5.74) is 2.15. The smallest absolute Gasteiger partial charge is 0.250 e. The summed E-state index contributed by atoms with van der Waals surface area (Å²) in [6, 6.07) is 8.13. The number of anilines is 1. The van der Waals surface area contributed by atoms with E-state index < -0.39 is 6.10 Å². The summed E-state index contributed by atoms with van der Waals surface area (Å²) in [7, 11) is 0. The van der Waals surface area contributed by atoms with Gasteiger partial charge in [0, 0.05) is 25.5 Å². The van der Waals surface area contributed by atoms with Crippen LogP contribution in [0.1, 0.15) is 30.3 Å². The molecule has 4 rings (SSSR count). The third kappa shape index (κ3) is 3.12. The molecule has 0 amide bonds. The van der Waals surface area contributed by atoms with Crippen LogP contribution in [0.2, 0.25) is 0 Å². The van der Waals surface area contributed by atoms with E-state index in [0.29, 0.717) is 5.82 Å². The molecular weight excluding hydrogens is 318 g/mol. The number of tetrazole rings is 1. The van der Waals surface area contributed by atoms with Crippen LogP contribution >= 0.6 is 0 Å². The van der Waals surface area contributed by atoms with Gasteiger partial charge in [-0.3, -0.25) is 0 Å². The maximum atomic E-state index is 10.5. The number of aryl methyl sites for hydroxylation is 1. The van der Waals surface area contributed by atoms with Crippen molar-refractivity contribution in [2.75, 3.05) is 18.0 Å². The molecule has 0 aliphatic carbocycles. The highest BCUT2D eigenvalue weighted by atomic mass is 16.3. The van der Waals surface area contributed by atoms with Crippen LogP contribution in [0.4, 0.5) is 5.95 Å². The summed E-state index contributed by atoms with van der Waals surface area (Å²) < 4.78 is 1.77. The van der Waals surface area contributed by atoms with Crippen LogP contribution in [-0.4, -0.2) is 48.4 Å². The molecule has 0 radical (unpaired) electrons. The lowest BCUT2D eigenvalue weighted by molar-refractivity contribution is 0.0854. The van der Waals surface area contributed by atoms with E-state index in [4.69, 9.17) is 0 Å². The topological polar surface area (TPSA) is 95.8 Å². The van der Waals surface area contributed by atoms with Gasteiger partial charge in [0.1, 0.15) is 11.9 Å². The first-order valence-electron chi connectivity index (χ1n) is 8.50. The average molecular weight is 339 g/mol. The fourth-order valence-corrected chi connectivity index (χ4v) is 3.31. The second-order valence-corrected chi connectivity index (χ2v) is 6.47. The predicted molar refractivity (Wildman–Crippen MR) is 92.4 cm³/mol. The number of aliphatic hydroxyl groups is 1. The molecule has 1 saturated heterocycles. The monoisotopic (exact) mass is 339 g/mol. The van der Waals surface area contributed by atoms with Crippen LogP contribution in [0.3, 0.4) is 0 Å². The number of piperidine rings is 1. The molecule has 1 aromatic carbocycles. The first kappa shape index (κ1) is 15.8. The van der Waals surface area contributed by atoms with E-state index in [1.165, 1.54) is 5.56 Å². The molecule has 3 heterocycles. The Hall–Kier alpha value is -2.74. The molecule has 0 bridgehead atoms. The third-order valence-electron chi connectivity index (χ3n) is 4.80. The largest absolute Gasteiger partial charge is 0.385 e. The standard InChI is InChI=1S/C17H21N7O/c1-12-2-4-14(5-3-12)24-17(20-21-22-24)23-10-6-13(7-11-23)15(25)16-18-8-9-19-16/h2-5,8-9,13,15,25H,6-7,10-11H2,1H3,(H,18,19). The zero-order valence-electron chi connectivity index (χ0n) is 14.1. The Kier molecular flexibility index (Phi) is 4.19. The fraction of sp³-hybridized carbons (Fsp3) is 0.412. The van der Waals surface area contributed by atoms with Gasteiger partial charge in [0.15, 0.2) is 0 Å². The molecule has 25 heavy (non-hydrogen) atoms. The van der Waals surface area contributed by atoms with Gasteiger partial charge < -0.3 is 15.0 Å². The molecule has 1 aliphatic rings. The number of nitrogens with one attached hydrogen (secondary N) is 1. The number of nitrogens with zero attached hydrogens (tertiary/aromatic N) is 6. The van der Waals surface area contributed by atoms with E-state index >= 15 is 0 Å². The van der Waals surface area contributed by atoms with Crippen molar-refractivity contribution < 1.29 is 5.11 Å². The molecule has 8 nitrogen and oxygen atoms in total. The Morgan fingerprint density at radius 1 is 1.20 bits per heavy atom. The van der Waals surface area contributed by atoms with Crippen LogP contribution < -0.4 is 4.90 Å². The first-order valence-corrected chi connectivity index (χ1v) is 8.50. The summed E-state index contributed by atoms with van der Waals surface area (Å²) >= 11 is 0. The van der Waals surface area contributed by atoms with Crippen molar-refractivity contribution in [1.82, 2.24) is 30.2 Å². The van der Waals surface area contributed by atoms with Crippen molar-refractivity contribution in [3.8, 4) is 5.69 Å². The molecule has 0 spiro atoms. The highest BCUT2D eigenvalue weighted by Crippen LogP contribution is 2.30. The number of benzene rings is 1. The van der Waals surface area contributed by atoms with Gasteiger partial charge in [0.05, 0.1) is 5.69 Å². The number of H-pyrrole nitrogens is 1. The molecule has 1 atom stereocenters. The maximum Gasteiger partial charge on any atom is 0.250 e. The Morgan fingerprint density at radius 3 is 2.64 bits per heavy atom. The van der Waals surface area contributed by atoms with E-state index in [0.717, 1.165) is 37.6 Å². The van der Waals surface area contributed by atoms with Gasteiger partial charge in [0.25, 0.3) is 0 Å². The van der Waals surface area contributed by atoms with Crippen molar-refractivity contribution >= 4 is 5.95 Å². The number of hydrogen-bond donors (Lipinski definition) is 2. The number of aromatic nitrogens is 6. The van der Waals surface area contributed by atoms with Gasteiger partial charge in [-0.25, -0.2) is 4.98 Å². The van der Waals surface area contributed by atoms with Crippen LogP contribution in [0.25, 0.3) is 5.69 Å². The number of hydrogen-bond acceptors (Lipinski definition) is 6. The zero-order valence-corrected chi connectivity index (χ0v) is 14.1. The number of imidazole rings is 1. The van der Waals surface area contributed by atoms with E-state index in [1.807, 2.05) is 24.3 Å².